The van der Waals surface area contributed by atoms with Crippen molar-refractivity contribution in [1.29, 1.82) is 5.26 Å². The maximum Gasteiger partial charge on any atom is 0.123 e. The van der Waals surface area contributed by atoms with Gasteiger partial charge in [0.25, 0.3) is 0 Å². The standard InChI is InChI=1S/C16H24N2O/c1-15(2,3)11-7-8-13(19-6)12(9-11)14(18)16(4,5)10-17/h7-9,14H,18H2,1-6H3. The van der Waals surface area contributed by atoms with Crippen LogP contribution in [0.25, 0.3) is 0 Å². The Bertz CT molecular complexity index is 492. The van der Waals surface area contributed by atoms with E-state index in [1.165, 1.54) is 5.56 Å². The van der Waals surface area contributed by atoms with Crippen molar-refractivity contribution in [3.63, 3.8) is 0 Å². The van der Waals surface area contributed by atoms with Crippen LogP contribution in [0.4, 0.5) is 0 Å². The Morgan fingerprint density at radius 1 is 1.21 bits per heavy atom. The van der Waals surface area contributed by atoms with E-state index >= 15 is 0 Å². The Balaban J connectivity index is 3.36. The highest BCUT2D eigenvalue weighted by atomic mass is 16.5. The molecule has 1 atom stereocenters. The molecule has 3 nitrogen and oxygen atoms in total. The summed E-state index contributed by atoms with van der Waals surface area (Å²) >= 11 is 0. The van der Waals surface area contributed by atoms with E-state index in [1.54, 1.807) is 7.11 Å². The Morgan fingerprint density at radius 2 is 1.79 bits per heavy atom. The lowest BCUT2D eigenvalue weighted by atomic mass is 9.79. The number of hydrogen-bond acceptors (Lipinski definition) is 3. The lowest BCUT2D eigenvalue weighted by Gasteiger charge is -2.28. The number of hydrogen-bond donors (Lipinski definition) is 1. The number of methoxy groups -OCH3 is 1. The molecule has 0 bridgehead atoms. The third-order valence-corrected chi connectivity index (χ3v) is 3.50. The number of nitrogens with zero attached hydrogens (tertiary/aromatic N) is 1. The third kappa shape index (κ3) is 3.27. The molecule has 0 saturated carbocycles. The predicted molar refractivity (Wildman–Crippen MR) is 78.0 cm³/mol. The van der Waals surface area contributed by atoms with Gasteiger partial charge in [0.05, 0.1) is 24.6 Å². The summed E-state index contributed by atoms with van der Waals surface area (Å²) in [4.78, 5) is 0. The fourth-order valence-electron chi connectivity index (χ4n) is 1.90. The van der Waals surface area contributed by atoms with Gasteiger partial charge in [-0.15, -0.1) is 0 Å². The third-order valence-electron chi connectivity index (χ3n) is 3.50. The van der Waals surface area contributed by atoms with Crippen LogP contribution < -0.4 is 10.5 Å². The molecule has 1 aromatic carbocycles. The molecule has 0 spiro atoms. The van der Waals surface area contributed by atoms with Gasteiger partial charge >= 0.3 is 0 Å². The summed E-state index contributed by atoms with van der Waals surface area (Å²) in [6.07, 6.45) is 0. The summed E-state index contributed by atoms with van der Waals surface area (Å²) in [5.41, 5.74) is 7.75. The molecule has 0 aromatic heterocycles. The first-order valence-corrected chi connectivity index (χ1v) is 6.48. The molecular formula is C16H24N2O. The first kappa shape index (κ1) is 15.5. The Hall–Kier alpha value is -1.53. The molecule has 0 aliphatic heterocycles. The highest BCUT2D eigenvalue weighted by molar-refractivity contribution is 5.42. The topological polar surface area (TPSA) is 59.0 Å². The Morgan fingerprint density at radius 3 is 2.21 bits per heavy atom. The molecule has 1 unspecified atom stereocenters. The van der Waals surface area contributed by atoms with Crippen molar-refractivity contribution in [2.75, 3.05) is 7.11 Å². The summed E-state index contributed by atoms with van der Waals surface area (Å²) in [5.74, 6) is 0.740. The van der Waals surface area contributed by atoms with E-state index in [2.05, 4.69) is 39.0 Å². The molecule has 0 amide bonds. The second kappa shape index (κ2) is 5.22. The molecule has 19 heavy (non-hydrogen) atoms. The van der Waals surface area contributed by atoms with Crippen LogP contribution in [-0.4, -0.2) is 7.11 Å². The molecular weight excluding hydrogens is 236 g/mol. The maximum absolute atomic E-state index is 9.25. The van der Waals surface area contributed by atoms with Gasteiger partial charge in [-0.05, 0) is 37.0 Å². The molecule has 0 radical (unpaired) electrons. The van der Waals surface area contributed by atoms with E-state index in [9.17, 15) is 5.26 Å². The lowest BCUT2D eigenvalue weighted by Crippen LogP contribution is -2.28. The number of ether oxygens (including phenoxy) is 1. The average Bonchev–Trinajstić information content (AvgIpc) is 2.35. The first-order valence-electron chi connectivity index (χ1n) is 6.48. The summed E-state index contributed by atoms with van der Waals surface area (Å²) in [7, 11) is 1.63. The van der Waals surface area contributed by atoms with E-state index in [0.29, 0.717) is 0 Å². The van der Waals surface area contributed by atoms with E-state index in [4.69, 9.17) is 10.5 Å². The van der Waals surface area contributed by atoms with Crippen LogP contribution in [0.2, 0.25) is 0 Å². The van der Waals surface area contributed by atoms with Crippen molar-refractivity contribution in [3.05, 3.63) is 29.3 Å². The van der Waals surface area contributed by atoms with Gasteiger partial charge < -0.3 is 10.5 Å². The van der Waals surface area contributed by atoms with Crippen molar-refractivity contribution in [2.24, 2.45) is 11.1 Å². The molecule has 1 aromatic rings. The van der Waals surface area contributed by atoms with Crippen LogP contribution in [0, 0.1) is 16.7 Å². The van der Waals surface area contributed by atoms with Crippen molar-refractivity contribution >= 4 is 0 Å². The molecule has 0 aliphatic carbocycles. The Kier molecular flexibility index (Phi) is 4.27. The van der Waals surface area contributed by atoms with Gasteiger partial charge in [-0.25, -0.2) is 0 Å². The van der Waals surface area contributed by atoms with Crippen LogP contribution in [0.5, 0.6) is 5.75 Å². The monoisotopic (exact) mass is 260 g/mol. The van der Waals surface area contributed by atoms with Gasteiger partial charge in [0.2, 0.25) is 0 Å². The largest absolute Gasteiger partial charge is 0.496 e. The zero-order valence-electron chi connectivity index (χ0n) is 12.7. The van der Waals surface area contributed by atoms with E-state index in [0.717, 1.165) is 11.3 Å². The van der Waals surface area contributed by atoms with Crippen molar-refractivity contribution in [2.45, 2.75) is 46.1 Å². The summed E-state index contributed by atoms with van der Waals surface area (Å²) < 4.78 is 5.38. The average molecular weight is 260 g/mol. The quantitative estimate of drug-likeness (QED) is 0.904. The Labute approximate surface area is 116 Å². The van der Waals surface area contributed by atoms with Gasteiger partial charge in [0.1, 0.15) is 5.75 Å². The zero-order chi connectivity index (χ0) is 14.8. The van der Waals surface area contributed by atoms with Gasteiger partial charge in [-0.2, -0.15) is 5.26 Å². The van der Waals surface area contributed by atoms with Crippen LogP contribution in [0.3, 0.4) is 0 Å². The molecule has 0 heterocycles. The fraction of sp³-hybridized carbons (Fsp3) is 0.562. The zero-order valence-corrected chi connectivity index (χ0v) is 12.7. The second-order valence-corrected chi connectivity index (χ2v) is 6.52. The second-order valence-electron chi connectivity index (χ2n) is 6.52. The summed E-state index contributed by atoms with van der Waals surface area (Å²) in [6, 6.07) is 7.93. The highest BCUT2D eigenvalue weighted by Crippen LogP contribution is 2.37. The smallest absolute Gasteiger partial charge is 0.123 e. The summed E-state index contributed by atoms with van der Waals surface area (Å²) in [6.45, 7) is 10.2. The number of nitriles is 1. The van der Waals surface area contributed by atoms with Gasteiger partial charge in [-0.1, -0.05) is 26.8 Å². The maximum atomic E-state index is 9.25. The number of rotatable bonds is 3. The molecule has 3 heteroatoms. The summed E-state index contributed by atoms with van der Waals surface area (Å²) in [5, 5.41) is 9.25. The van der Waals surface area contributed by atoms with Crippen molar-refractivity contribution in [1.82, 2.24) is 0 Å². The van der Waals surface area contributed by atoms with Gasteiger partial charge in [0.15, 0.2) is 0 Å². The van der Waals surface area contributed by atoms with Crippen molar-refractivity contribution in [3.8, 4) is 11.8 Å². The van der Waals surface area contributed by atoms with Crippen LogP contribution in [0.1, 0.15) is 51.8 Å². The minimum atomic E-state index is -0.635. The first-order chi connectivity index (χ1) is 8.63. The highest BCUT2D eigenvalue weighted by Gasteiger charge is 2.30. The number of benzene rings is 1. The normalized spacial score (nSPS) is 13.8. The molecule has 104 valence electrons. The predicted octanol–water partition coefficient (Wildman–Crippen LogP) is 3.54. The van der Waals surface area contributed by atoms with Crippen LogP contribution in [-0.2, 0) is 5.41 Å². The molecule has 0 saturated heterocycles. The lowest BCUT2D eigenvalue weighted by molar-refractivity contribution is 0.361. The van der Waals surface area contributed by atoms with Crippen molar-refractivity contribution < 1.29 is 4.74 Å². The fourth-order valence-corrected chi connectivity index (χ4v) is 1.90. The van der Waals surface area contributed by atoms with Gasteiger partial charge in [0, 0.05) is 5.56 Å². The SMILES string of the molecule is COc1ccc(C(C)(C)C)cc1C(N)C(C)(C)C#N. The number of nitrogens with two attached hydrogens (primary N) is 1. The minimum Gasteiger partial charge on any atom is -0.496 e. The minimum absolute atomic E-state index is 0.0392. The molecule has 0 aliphatic rings. The van der Waals surface area contributed by atoms with Crippen LogP contribution in [0.15, 0.2) is 18.2 Å². The van der Waals surface area contributed by atoms with E-state index in [-0.39, 0.29) is 11.5 Å². The van der Waals surface area contributed by atoms with Crippen LogP contribution >= 0.6 is 0 Å². The molecule has 0 fully saturated rings. The molecule has 1 rings (SSSR count). The van der Waals surface area contributed by atoms with E-state index < -0.39 is 5.41 Å². The molecule has 2 N–H and O–H groups in total. The van der Waals surface area contributed by atoms with E-state index in [1.807, 2.05) is 19.9 Å². The van der Waals surface area contributed by atoms with Gasteiger partial charge in [-0.3, -0.25) is 0 Å².